The van der Waals surface area contributed by atoms with Crippen molar-refractivity contribution < 1.29 is 19.9 Å². The molecule has 1 rings (SSSR count). The van der Waals surface area contributed by atoms with Crippen LogP contribution in [0.15, 0.2) is 24.3 Å². The molecule has 0 bridgehead atoms. The molecule has 1 aromatic rings. The number of para-hydroxylation sites is 2. The van der Waals surface area contributed by atoms with Gasteiger partial charge in [-0.05, 0) is 6.07 Å². The molecule has 0 aromatic heterocycles. The smallest absolute Gasteiger partial charge is 0.292 e. The lowest BCUT2D eigenvalue weighted by Crippen LogP contribution is -2.43. The lowest BCUT2D eigenvalue weighted by Gasteiger charge is -2.17. The molecular formula is C9H9N2O5-. The molecule has 16 heavy (non-hydrogen) atoms. The van der Waals surface area contributed by atoms with Crippen molar-refractivity contribution in [2.45, 2.75) is 6.04 Å². The Balaban J connectivity index is 2.95. The number of benzene rings is 1. The number of aliphatic hydroxyl groups is 1. The van der Waals surface area contributed by atoms with E-state index in [9.17, 15) is 20.0 Å². The number of nitrogens with one attached hydrogen (secondary N) is 1. The molecular weight excluding hydrogens is 216 g/mol. The zero-order valence-corrected chi connectivity index (χ0v) is 8.12. The molecule has 1 atom stereocenters. The third-order valence-electron chi connectivity index (χ3n) is 1.90. The summed E-state index contributed by atoms with van der Waals surface area (Å²) in [4.78, 5) is 20.5. The van der Waals surface area contributed by atoms with Crippen LogP contribution in [0, 0.1) is 10.1 Å². The molecule has 0 saturated heterocycles. The normalized spacial score (nSPS) is 11.8. The van der Waals surface area contributed by atoms with Gasteiger partial charge in [-0.2, -0.15) is 0 Å². The summed E-state index contributed by atoms with van der Waals surface area (Å²) in [6, 6.07) is 4.17. The molecule has 0 heterocycles. The van der Waals surface area contributed by atoms with Gasteiger partial charge in [-0.1, -0.05) is 12.1 Å². The Morgan fingerprint density at radius 1 is 1.50 bits per heavy atom. The lowest BCUT2D eigenvalue weighted by atomic mass is 10.2. The fraction of sp³-hybridized carbons (Fsp3) is 0.222. The van der Waals surface area contributed by atoms with Crippen molar-refractivity contribution in [2.75, 3.05) is 11.9 Å². The number of aliphatic hydroxyl groups excluding tert-OH is 1. The minimum atomic E-state index is -1.53. The molecule has 0 aliphatic carbocycles. The van der Waals surface area contributed by atoms with E-state index in [2.05, 4.69) is 5.32 Å². The Bertz CT molecular complexity index is 407. The quantitative estimate of drug-likeness (QED) is 0.496. The molecule has 7 heteroatoms. The third-order valence-corrected chi connectivity index (χ3v) is 1.90. The first-order valence-electron chi connectivity index (χ1n) is 4.38. The second kappa shape index (κ2) is 5.08. The number of carboxylic acid groups (broad SMARTS) is 1. The standard InChI is InChI=1S/C9H10N2O5/c12-5-7(9(13)14)10-6-3-1-2-4-8(6)11(15)16/h1-4,7,10,12H,5H2,(H,13,14)/p-1. The number of nitro groups is 1. The van der Waals surface area contributed by atoms with Gasteiger partial charge < -0.3 is 20.3 Å². The van der Waals surface area contributed by atoms with Gasteiger partial charge in [0.15, 0.2) is 0 Å². The van der Waals surface area contributed by atoms with Gasteiger partial charge in [0.1, 0.15) is 5.69 Å². The Labute approximate surface area is 90.5 Å². The van der Waals surface area contributed by atoms with Gasteiger partial charge in [0.2, 0.25) is 0 Å². The first kappa shape index (κ1) is 11.9. The van der Waals surface area contributed by atoms with Crippen molar-refractivity contribution in [1.29, 1.82) is 0 Å². The predicted octanol–water partition coefficient (Wildman–Crippen LogP) is -0.883. The zero-order valence-electron chi connectivity index (χ0n) is 8.12. The third kappa shape index (κ3) is 2.67. The van der Waals surface area contributed by atoms with Crippen LogP contribution in [0.5, 0.6) is 0 Å². The molecule has 7 nitrogen and oxygen atoms in total. The van der Waals surface area contributed by atoms with E-state index in [-0.39, 0.29) is 11.4 Å². The molecule has 1 unspecified atom stereocenters. The summed E-state index contributed by atoms with van der Waals surface area (Å²) >= 11 is 0. The lowest BCUT2D eigenvalue weighted by molar-refractivity contribution is -0.384. The van der Waals surface area contributed by atoms with Gasteiger partial charge in [0, 0.05) is 6.07 Å². The first-order chi connectivity index (χ1) is 7.56. The van der Waals surface area contributed by atoms with Crippen LogP contribution in [0.25, 0.3) is 0 Å². The fourth-order valence-corrected chi connectivity index (χ4v) is 1.12. The molecule has 1 aromatic carbocycles. The number of carbonyl (C=O) groups excluding carboxylic acids is 1. The summed E-state index contributed by atoms with van der Waals surface area (Å²) in [7, 11) is 0. The number of hydrogen-bond donors (Lipinski definition) is 2. The van der Waals surface area contributed by atoms with E-state index < -0.39 is 23.5 Å². The minimum Gasteiger partial charge on any atom is -0.548 e. The molecule has 0 aliphatic rings. The van der Waals surface area contributed by atoms with Crippen molar-refractivity contribution in [3.05, 3.63) is 34.4 Å². The SMILES string of the molecule is O=C([O-])C(CO)Nc1ccccc1[N+](=O)[O-]. The van der Waals surface area contributed by atoms with Crippen LogP contribution in [0.2, 0.25) is 0 Å². The number of aliphatic carboxylic acids is 1. The van der Waals surface area contributed by atoms with Crippen LogP contribution < -0.4 is 10.4 Å². The van der Waals surface area contributed by atoms with E-state index in [4.69, 9.17) is 5.11 Å². The Morgan fingerprint density at radius 3 is 2.62 bits per heavy atom. The van der Waals surface area contributed by atoms with E-state index in [1.54, 1.807) is 0 Å². The number of nitro benzene ring substituents is 1. The summed E-state index contributed by atoms with van der Waals surface area (Å²) in [6.07, 6.45) is 0. The van der Waals surface area contributed by atoms with Crippen LogP contribution in [0.3, 0.4) is 0 Å². The number of anilines is 1. The van der Waals surface area contributed by atoms with Gasteiger partial charge in [-0.3, -0.25) is 10.1 Å². The summed E-state index contributed by atoms with van der Waals surface area (Å²) in [5.41, 5.74) is -0.238. The Kier molecular flexibility index (Phi) is 3.78. The summed E-state index contributed by atoms with van der Waals surface area (Å²) in [5, 5.41) is 32.2. The van der Waals surface area contributed by atoms with Crippen LogP contribution in [0.1, 0.15) is 0 Å². The van der Waals surface area contributed by atoms with E-state index in [1.807, 2.05) is 0 Å². The van der Waals surface area contributed by atoms with Crippen molar-refractivity contribution in [3.63, 3.8) is 0 Å². The maximum Gasteiger partial charge on any atom is 0.292 e. The van der Waals surface area contributed by atoms with Crippen molar-refractivity contribution in [1.82, 2.24) is 0 Å². The van der Waals surface area contributed by atoms with Crippen molar-refractivity contribution in [3.8, 4) is 0 Å². The molecule has 2 N–H and O–H groups in total. The highest BCUT2D eigenvalue weighted by Crippen LogP contribution is 2.23. The molecule has 0 spiro atoms. The molecule has 0 saturated carbocycles. The number of rotatable bonds is 5. The number of hydrogen-bond acceptors (Lipinski definition) is 6. The van der Waals surface area contributed by atoms with E-state index in [0.717, 1.165) is 0 Å². The van der Waals surface area contributed by atoms with Crippen molar-refractivity contribution in [2.24, 2.45) is 0 Å². The van der Waals surface area contributed by atoms with Gasteiger partial charge >= 0.3 is 0 Å². The summed E-state index contributed by atoms with van der Waals surface area (Å²) < 4.78 is 0. The average Bonchev–Trinajstić information content (AvgIpc) is 2.25. The van der Waals surface area contributed by atoms with Crippen molar-refractivity contribution >= 4 is 17.3 Å². The van der Waals surface area contributed by atoms with Gasteiger partial charge in [-0.15, -0.1) is 0 Å². The second-order valence-electron chi connectivity index (χ2n) is 2.97. The average molecular weight is 225 g/mol. The van der Waals surface area contributed by atoms with Crippen LogP contribution >= 0.6 is 0 Å². The van der Waals surface area contributed by atoms with Crippen LogP contribution in [-0.4, -0.2) is 28.6 Å². The number of nitrogens with zero attached hydrogens (tertiary/aromatic N) is 1. The van der Waals surface area contributed by atoms with Gasteiger partial charge in [-0.25, -0.2) is 0 Å². The van der Waals surface area contributed by atoms with Crippen LogP contribution in [0.4, 0.5) is 11.4 Å². The zero-order chi connectivity index (χ0) is 12.1. The minimum absolute atomic E-state index is 0.0238. The number of carboxylic acids is 1. The van der Waals surface area contributed by atoms with Gasteiger partial charge in [0.25, 0.3) is 5.69 Å². The molecule has 0 amide bonds. The first-order valence-corrected chi connectivity index (χ1v) is 4.38. The highest BCUT2D eigenvalue weighted by atomic mass is 16.6. The largest absolute Gasteiger partial charge is 0.548 e. The molecule has 0 aliphatic heterocycles. The maximum absolute atomic E-state index is 10.6. The summed E-state index contributed by atoms with van der Waals surface area (Å²) in [6.45, 7) is -0.714. The second-order valence-corrected chi connectivity index (χ2v) is 2.97. The topological polar surface area (TPSA) is 116 Å². The Morgan fingerprint density at radius 2 is 2.12 bits per heavy atom. The number of carbonyl (C=O) groups is 1. The van der Waals surface area contributed by atoms with Gasteiger partial charge in [0.05, 0.1) is 23.5 Å². The van der Waals surface area contributed by atoms with E-state index in [1.165, 1.54) is 24.3 Å². The molecule has 86 valence electrons. The fourth-order valence-electron chi connectivity index (χ4n) is 1.12. The molecule has 0 fully saturated rings. The van der Waals surface area contributed by atoms with E-state index in [0.29, 0.717) is 0 Å². The summed E-state index contributed by atoms with van der Waals surface area (Å²) in [5.74, 6) is -1.53. The molecule has 0 radical (unpaired) electrons. The Hall–Kier alpha value is -2.15. The maximum atomic E-state index is 10.6. The van der Waals surface area contributed by atoms with Crippen LogP contribution in [-0.2, 0) is 4.79 Å². The highest BCUT2D eigenvalue weighted by Gasteiger charge is 2.16. The van der Waals surface area contributed by atoms with E-state index >= 15 is 0 Å². The predicted molar refractivity (Wildman–Crippen MR) is 52.6 cm³/mol. The monoisotopic (exact) mass is 225 g/mol. The highest BCUT2D eigenvalue weighted by molar-refractivity contribution is 5.77.